The van der Waals surface area contributed by atoms with E-state index >= 15 is 0 Å². The maximum Gasteiger partial charge on any atom is 0.442 e. The maximum absolute atomic E-state index is 12.1. The molecule has 3 rings (SSSR count). The van der Waals surface area contributed by atoms with Gasteiger partial charge in [-0.2, -0.15) is 19.6 Å². The highest BCUT2D eigenvalue weighted by molar-refractivity contribution is 7.98. The molecule has 13 heteroatoms. The lowest BCUT2D eigenvalue weighted by Crippen LogP contribution is -2.15. The summed E-state index contributed by atoms with van der Waals surface area (Å²) in [5.41, 5.74) is -0.0217. The van der Waals surface area contributed by atoms with Crippen molar-refractivity contribution in [2.45, 2.75) is 78.1 Å². The third-order valence-corrected chi connectivity index (χ3v) is 5.48. The Morgan fingerprint density at radius 3 is 2.24 bits per heavy atom. The number of thioether (sulfide) groups is 1. The van der Waals surface area contributed by atoms with Gasteiger partial charge in [-0.1, -0.05) is 55.7 Å². The third-order valence-electron chi connectivity index (χ3n) is 4.33. The second kappa shape index (κ2) is 13.3. The van der Waals surface area contributed by atoms with Crippen LogP contribution in [-0.4, -0.2) is 49.7 Å². The Bertz CT molecular complexity index is 1240. The molecule has 0 spiro atoms. The number of hydrogen-bond acceptors (Lipinski definition) is 10. The highest BCUT2D eigenvalue weighted by Crippen LogP contribution is 2.33. The molecule has 2 aromatic heterocycles. The Kier molecular flexibility index (Phi) is 11.1. The van der Waals surface area contributed by atoms with Crippen molar-refractivity contribution < 1.29 is 9.15 Å². The topological polar surface area (TPSA) is 120 Å². The summed E-state index contributed by atoms with van der Waals surface area (Å²) in [5, 5.41) is 11.8. The SMILES string of the molecule is CC(C)Oc1cc(-n2nc(C(C)(C)C)oc2=O)c(Cl)cc1Cl.CCNc1nc(NC(C)C)nc(SC)n1. The smallest absolute Gasteiger partial charge is 0.442 e. The number of rotatable bonds is 8. The molecular formula is C24H35Cl2N7O3S. The fourth-order valence-corrected chi connectivity index (χ4v) is 3.63. The van der Waals surface area contributed by atoms with Crippen molar-refractivity contribution in [2.24, 2.45) is 0 Å². The lowest BCUT2D eigenvalue weighted by atomic mass is 9.97. The molecule has 10 nitrogen and oxygen atoms in total. The molecule has 0 aliphatic carbocycles. The second-order valence-corrected chi connectivity index (χ2v) is 11.1. The van der Waals surface area contributed by atoms with Gasteiger partial charge in [0.15, 0.2) is 5.16 Å². The predicted molar refractivity (Wildman–Crippen MR) is 151 cm³/mol. The molecule has 0 aliphatic rings. The number of nitrogens with zero attached hydrogens (tertiary/aromatic N) is 5. The van der Waals surface area contributed by atoms with E-state index in [0.717, 1.165) is 16.4 Å². The Morgan fingerprint density at radius 2 is 1.73 bits per heavy atom. The van der Waals surface area contributed by atoms with E-state index < -0.39 is 5.76 Å². The summed E-state index contributed by atoms with van der Waals surface area (Å²) in [5.74, 6) is 1.41. The van der Waals surface area contributed by atoms with Gasteiger partial charge in [0.1, 0.15) is 5.75 Å². The Labute approximate surface area is 231 Å². The van der Waals surface area contributed by atoms with Crippen molar-refractivity contribution in [3.8, 4) is 11.4 Å². The van der Waals surface area contributed by atoms with Crippen LogP contribution in [0.2, 0.25) is 10.0 Å². The van der Waals surface area contributed by atoms with Crippen molar-refractivity contribution in [3.05, 3.63) is 38.6 Å². The van der Waals surface area contributed by atoms with Gasteiger partial charge in [-0.15, -0.1) is 5.10 Å². The number of hydrogen-bond donors (Lipinski definition) is 2. The Hall–Kier alpha value is -2.50. The fourth-order valence-electron chi connectivity index (χ4n) is 2.77. The molecule has 0 atom stereocenters. The summed E-state index contributed by atoms with van der Waals surface area (Å²) < 4.78 is 11.9. The van der Waals surface area contributed by atoms with Crippen LogP contribution in [0.15, 0.2) is 26.5 Å². The van der Waals surface area contributed by atoms with Crippen LogP contribution in [0.25, 0.3) is 5.69 Å². The zero-order chi connectivity index (χ0) is 27.9. The normalized spacial score (nSPS) is 11.4. The maximum atomic E-state index is 12.1. The monoisotopic (exact) mass is 571 g/mol. The fraction of sp³-hybridized carbons (Fsp3) is 0.542. The minimum Gasteiger partial charge on any atom is -0.489 e. The molecule has 0 unspecified atom stereocenters. The standard InChI is InChI=1S/C15H18Cl2N2O3.C9H17N5S/c1-8(2)21-12-7-11(9(16)6-10(12)17)19-14(20)22-13(18-19)15(3,4)5;1-5-10-7-12-8(11-6(2)3)14-9(13-7)15-4/h6-8H,1-5H3;6H,5H2,1-4H3,(H2,10,11,12,13,14). The van der Waals surface area contributed by atoms with Crippen molar-refractivity contribution in [1.29, 1.82) is 0 Å². The van der Waals surface area contributed by atoms with Gasteiger partial charge in [0, 0.05) is 24.1 Å². The molecule has 0 bridgehead atoms. The van der Waals surface area contributed by atoms with Crippen LogP contribution in [-0.2, 0) is 5.41 Å². The van der Waals surface area contributed by atoms with E-state index in [2.05, 4.69) is 44.5 Å². The third kappa shape index (κ3) is 9.08. The van der Waals surface area contributed by atoms with Gasteiger partial charge in [-0.3, -0.25) is 0 Å². The van der Waals surface area contributed by atoms with Crippen molar-refractivity contribution in [3.63, 3.8) is 0 Å². The largest absolute Gasteiger partial charge is 0.489 e. The van der Waals surface area contributed by atoms with Crippen LogP contribution in [0, 0.1) is 0 Å². The lowest BCUT2D eigenvalue weighted by Gasteiger charge is -2.13. The van der Waals surface area contributed by atoms with Gasteiger partial charge in [0.05, 0.1) is 21.8 Å². The Morgan fingerprint density at radius 1 is 1.08 bits per heavy atom. The molecule has 0 amide bonds. The molecule has 0 saturated carbocycles. The van der Waals surface area contributed by atoms with Gasteiger partial charge >= 0.3 is 5.76 Å². The average molecular weight is 573 g/mol. The van der Waals surface area contributed by atoms with Crippen molar-refractivity contribution in [2.75, 3.05) is 23.4 Å². The number of nitrogens with one attached hydrogen (secondary N) is 2. The quantitative estimate of drug-likeness (QED) is 0.308. The van der Waals surface area contributed by atoms with Crippen LogP contribution in [0.3, 0.4) is 0 Å². The van der Waals surface area contributed by atoms with Crippen LogP contribution in [0.4, 0.5) is 11.9 Å². The highest BCUT2D eigenvalue weighted by atomic mass is 35.5. The van der Waals surface area contributed by atoms with Crippen molar-refractivity contribution in [1.82, 2.24) is 24.7 Å². The first-order valence-electron chi connectivity index (χ1n) is 11.8. The summed E-state index contributed by atoms with van der Waals surface area (Å²) in [7, 11) is 0. The Balaban J connectivity index is 0.000000281. The lowest BCUT2D eigenvalue weighted by molar-refractivity contribution is 0.242. The number of aromatic nitrogens is 5. The van der Waals surface area contributed by atoms with Crippen LogP contribution >= 0.6 is 35.0 Å². The summed E-state index contributed by atoms with van der Waals surface area (Å²) in [4.78, 5) is 24.8. The van der Waals surface area contributed by atoms with Gasteiger partial charge in [0.25, 0.3) is 0 Å². The van der Waals surface area contributed by atoms with Gasteiger partial charge in [0.2, 0.25) is 17.8 Å². The molecular weight excluding hydrogens is 537 g/mol. The first-order valence-corrected chi connectivity index (χ1v) is 13.8. The molecule has 0 saturated heterocycles. The molecule has 2 N–H and O–H groups in total. The molecule has 3 aromatic rings. The van der Waals surface area contributed by atoms with E-state index in [1.165, 1.54) is 17.8 Å². The van der Waals surface area contributed by atoms with E-state index in [0.29, 0.717) is 40.3 Å². The van der Waals surface area contributed by atoms with Gasteiger partial charge in [-0.25, -0.2) is 4.79 Å². The zero-order valence-electron chi connectivity index (χ0n) is 22.6. The average Bonchev–Trinajstić information content (AvgIpc) is 3.17. The van der Waals surface area contributed by atoms with Crippen LogP contribution in [0.1, 0.15) is 61.3 Å². The summed E-state index contributed by atoms with van der Waals surface area (Å²) >= 11 is 13.8. The first kappa shape index (κ1) is 30.7. The minimum atomic E-state index is -0.607. The number of ether oxygens (including phenoxy) is 1. The summed E-state index contributed by atoms with van der Waals surface area (Å²) in [6, 6.07) is 3.42. The first-order chi connectivity index (χ1) is 17.2. The molecule has 0 aliphatic heterocycles. The zero-order valence-corrected chi connectivity index (χ0v) is 25.0. The van der Waals surface area contributed by atoms with Crippen molar-refractivity contribution >= 4 is 46.9 Å². The number of benzene rings is 1. The summed E-state index contributed by atoms with van der Waals surface area (Å²) in [6.45, 7) is 16.4. The summed E-state index contributed by atoms with van der Waals surface area (Å²) in [6.07, 6.45) is 1.88. The highest BCUT2D eigenvalue weighted by Gasteiger charge is 2.24. The number of halogens is 2. The molecule has 0 radical (unpaired) electrons. The molecule has 37 heavy (non-hydrogen) atoms. The van der Waals surface area contributed by atoms with E-state index in [4.69, 9.17) is 32.4 Å². The molecule has 204 valence electrons. The molecule has 1 aromatic carbocycles. The van der Waals surface area contributed by atoms with Crippen LogP contribution in [0.5, 0.6) is 5.75 Å². The van der Waals surface area contributed by atoms with Gasteiger partial charge < -0.3 is 19.8 Å². The van der Waals surface area contributed by atoms with E-state index in [9.17, 15) is 4.79 Å². The van der Waals surface area contributed by atoms with Gasteiger partial charge in [-0.05, 0) is 46.9 Å². The second-order valence-electron chi connectivity index (χ2n) is 9.53. The van der Waals surface area contributed by atoms with Crippen LogP contribution < -0.4 is 21.1 Å². The van der Waals surface area contributed by atoms with E-state index in [1.54, 1.807) is 6.07 Å². The van der Waals surface area contributed by atoms with E-state index in [1.807, 2.05) is 47.8 Å². The minimum absolute atomic E-state index is 0.0642. The molecule has 0 fully saturated rings. The number of anilines is 2. The van der Waals surface area contributed by atoms with E-state index in [-0.39, 0.29) is 16.5 Å². The molecule has 2 heterocycles. The predicted octanol–water partition coefficient (Wildman–Crippen LogP) is 6.06.